The van der Waals surface area contributed by atoms with Crippen molar-refractivity contribution in [2.45, 2.75) is 26.7 Å². The summed E-state index contributed by atoms with van der Waals surface area (Å²) in [4.78, 5) is 23.2. The number of rotatable bonds is 4. The van der Waals surface area contributed by atoms with Crippen LogP contribution in [-0.2, 0) is 4.74 Å². The third-order valence-corrected chi connectivity index (χ3v) is 3.19. The van der Waals surface area contributed by atoms with Gasteiger partial charge >= 0.3 is 0 Å². The molecule has 110 valence electrons. The third kappa shape index (κ3) is 3.25. The second-order valence-electron chi connectivity index (χ2n) is 5.08. The van der Waals surface area contributed by atoms with Gasteiger partial charge in [-0.1, -0.05) is 13.8 Å². The van der Waals surface area contributed by atoms with Crippen LogP contribution in [0.4, 0.5) is 5.69 Å². The fourth-order valence-corrected chi connectivity index (χ4v) is 2.07. The van der Waals surface area contributed by atoms with E-state index < -0.39 is 0 Å². The quantitative estimate of drug-likeness (QED) is 0.904. The van der Waals surface area contributed by atoms with Gasteiger partial charge in [0.15, 0.2) is 5.69 Å². The second-order valence-corrected chi connectivity index (χ2v) is 5.08. The predicted octanol–water partition coefficient (Wildman–Crippen LogP) is 1.50. The molecule has 0 spiro atoms. The van der Waals surface area contributed by atoms with Crippen LogP contribution in [0.15, 0.2) is 6.20 Å². The van der Waals surface area contributed by atoms with Gasteiger partial charge < -0.3 is 15.0 Å². The Bertz CT molecular complexity index is 470. The average molecular weight is 278 g/mol. The van der Waals surface area contributed by atoms with E-state index in [4.69, 9.17) is 4.74 Å². The van der Waals surface area contributed by atoms with Crippen molar-refractivity contribution in [2.24, 2.45) is 0 Å². The number of ether oxygens (including phenoxy) is 1. The fraction of sp³-hybridized carbons (Fsp3) is 0.643. The Balaban J connectivity index is 2.30. The molecule has 2 heterocycles. The van der Waals surface area contributed by atoms with Crippen LogP contribution in [-0.4, -0.2) is 53.6 Å². The van der Waals surface area contributed by atoms with Gasteiger partial charge in [0.1, 0.15) is 5.82 Å². The number of nitrogens with one attached hydrogen (secondary N) is 1. The monoisotopic (exact) mass is 278 g/mol. The summed E-state index contributed by atoms with van der Waals surface area (Å²) in [6.07, 6.45) is 1.71. The van der Waals surface area contributed by atoms with Gasteiger partial charge in [0.25, 0.3) is 5.91 Å². The van der Waals surface area contributed by atoms with E-state index in [1.54, 1.807) is 11.1 Å². The predicted molar refractivity (Wildman–Crippen MR) is 77.0 cm³/mol. The van der Waals surface area contributed by atoms with E-state index in [-0.39, 0.29) is 11.8 Å². The average Bonchev–Trinajstić information content (AvgIpc) is 2.48. The Hall–Kier alpha value is -1.69. The molecule has 0 unspecified atom stereocenters. The van der Waals surface area contributed by atoms with Gasteiger partial charge in [-0.25, -0.2) is 9.97 Å². The van der Waals surface area contributed by atoms with Crippen LogP contribution in [0, 0.1) is 0 Å². The van der Waals surface area contributed by atoms with E-state index in [1.165, 1.54) is 0 Å². The molecule has 1 aliphatic heterocycles. The lowest BCUT2D eigenvalue weighted by atomic mass is 10.2. The van der Waals surface area contributed by atoms with Crippen molar-refractivity contribution in [2.75, 3.05) is 38.2 Å². The SMILES string of the molecule is CCNc1cnc(C(C)C)nc1C(=O)N1CCOCC1. The Morgan fingerprint density at radius 1 is 1.45 bits per heavy atom. The van der Waals surface area contributed by atoms with Crippen molar-refractivity contribution >= 4 is 11.6 Å². The van der Waals surface area contributed by atoms with E-state index in [0.29, 0.717) is 43.5 Å². The number of carbonyl (C=O) groups is 1. The number of aromatic nitrogens is 2. The first-order valence-corrected chi connectivity index (χ1v) is 7.11. The van der Waals surface area contributed by atoms with Crippen LogP contribution in [0.1, 0.15) is 43.0 Å². The lowest BCUT2D eigenvalue weighted by molar-refractivity contribution is 0.0299. The normalized spacial score (nSPS) is 15.5. The van der Waals surface area contributed by atoms with Crippen LogP contribution >= 0.6 is 0 Å². The zero-order chi connectivity index (χ0) is 14.5. The molecule has 20 heavy (non-hydrogen) atoms. The van der Waals surface area contributed by atoms with E-state index >= 15 is 0 Å². The van der Waals surface area contributed by atoms with Crippen LogP contribution < -0.4 is 5.32 Å². The van der Waals surface area contributed by atoms with E-state index in [9.17, 15) is 4.79 Å². The highest BCUT2D eigenvalue weighted by Gasteiger charge is 2.23. The first-order valence-electron chi connectivity index (χ1n) is 7.11. The van der Waals surface area contributed by atoms with E-state index in [2.05, 4.69) is 15.3 Å². The summed E-state index contributed by atoms with van der Waals surface area (Å²) in [7, 11) is 0. The highest BCUT2D eigenvalue weighted by atomic mass is 16.5. The lowest BCUT2D eigenvalue weighted by Gasteiger charge is -2.27. The molecule has 1 aromatic heterocycles. The van der Waals surface area contributed by atoms with Crippen molar-refractivity contribution in [1.29, 1.82) is 0 Å². The number of amides is 1. The number of anilines is 1. The summed E-state index contributed by atoms with van der Waals surface area (Å²) in [5.74, 6) is 0.846. The molecule has 0 atom stereocenters. The van der Waals surface area contributed by atoms with E-state index in [1.807, 2.05) is 20.8 Å². The minimum absolute atomic E-state index is 0.0476. The smallest absolute Gasteiger partial charge is 0.274 e. The molecule has 1 amide bonds. The summed E-state index contributed by atoms with van der Waals surface area (Å²) < 4.78 is 5.28. The standard InChI is InChI=1S/C14H22N4O2/c1-4-15-11-9-16-13(10(2)3)17-12(11)14(19)18-5-7-20-8-6-18/h9-10,15H,4-8H2,1-3H3. The summed E-state index contributed by atoms with van der Waals surface area (Å²) in [6, 6.07) is 0. The number of carbonyl (C=O) groups excluding carboxylic acids is 1. The van der Waals surface area contributed by atoms with Crippen molar-refractivity contribution in [3.05, 3.63) is 17.7 Å². The molecule has 0 saturated carbocycles. The maximum atomic E-state index is 12.6. The van der Waals surface area contributed by atoms with Crippen LogP contribution in [0.25, 0.3) is 0 Å². The number of hydrogen-bond donors (Lipinski definition) is 1. The molecule has 0 aliphatic carbocycles. The highest BCUT2D eigenvalue weighted by Crippen LogP contribution is 2.18. The molecule has 1 fully saturated rings. The van der Waals surface area contributed by atoms with Crippen LogP contribution in [0.5, 0.6) is 0 Å². The maximum absolute atomic E-state index is 12.6. The van der Waals surface area contributed by atoms with E-state index in [0.717, 1.165) is 6.54 Å². The molecule has 1 aliphatic rings. The van der Waals surface area contributed by atoms with Crippen LogP contribution in [0.3, 0.4) is 0 Å². The number of nitrogens with zero attached hydrogens (tertiary/aromatic N) is 3. The van der Waals surface area contributed by atoms with Crippen molar-refractivity contribution in [3.63, 3.8) is 0 Å². The molecule has 2 rings (SSSR count). The largest absolute Gasteiger partial charge is 0.382 e. The maximum Gasteiger partial charge on any atom is 0.274 e. The summed E-state index contributed by atoms with van der Waals surface area (Å²) in [5.41, 5.74) is 1.17. The van der Waals surface area contributed by atoms with Gasteiger partial charge in [0, 0.05) is 25.6 Å². The molecule has 0 radical (unpaired) electrons. The first kappa shape index (κ1) is 14.7. The van der Waals surface area contributed by atoms with Gasteiger partial charge in [-0.15, -0.1) is 0 Å². The summed E-state index contributed by atoms with van der Waals surface area (Å²) >= 11 is 0. The Labute approximate surface area is 119 Å². The molecule has 1 aromatic rings. The zero-order valence-electron chi connectivity index (χ0n) is 12.3. The molecule has 1 N–H and O–H groups in total. The van der Waals surface area contributed by atoms with Crippen molar-refractivity contribution in [1.82, 2.24) is 14.9 Å². The van der Waals surface area contributed by atoms with Crippen LogP contribution in [0.2, 0.25) is 0 Å². The molecule has 0 aromatic carbocycles. The van der Waals surface area contributed by atoms with Gasteiger partial charge in [-0.05, 0) is 6.92 Å². The Kier molecular flexibility index (Phi) is 4.89. The molecular formula is C14H22N4O2. The number of morpholine rings is 1. The van der Waals surface area contributed by atoms with Gasteiger partial charge in [0.05, 0.1) is 25.1 Å². The molecule has 0 bridgehead atoms. The molecular weight excluding hydrogens is 256 g/mol. The summed E-state index contributed by atoms with van der Waals surface area (Å²) in [6.45, 7) is 9.16. The second kappa shape index (κ2) is 6.65. The van der Waals surface area contributed by atoms with Gasteiger partial charge in [-0.2, -0.15) is 0 Å². The molecule has 6 heteroatoms. The minimum atomic E-state index is -0.0476. The third-order valence-electron chi connectivity index (χ3n) is 3.19. The molecule has 1 saturated heterocycles. The molecule has 6 nitrogen and oxygen atoms in total. The first-order chi connectivity index (χ1) is 9.63. The van der Waals surface area contributed by atoms with Gasteiger partial charge in [0.2, 0.25) is 0 Å². The van der Waals surface area contributed by atoms with Crippen molar-refractivity contribution < 1.29 is 9.53 Å². The highest BCUT2D eigenvalue weighted by molar-refractivity contribution is 5.97. The fourth-order valence-electron chi connectivity index (χ4n) is 2.07. The minimum Gasteiger partial charge on any atom is -0.382 e. The van der Waals surface area contributed by atoms with Gasteiger partial charge in [-0.3, -0.25) is 4.79 Å². The Morgan fingerprint density at radius 3 is 2.75 bits per heavy atom. The van der Waals surface area contributed by atoms with Crippen molar-refractivity contribution in [3.8, 4) is 0 Å². The summed E-state index contributed by atoms with van der Waals surface area (Å²) in [5, 5.41) is 3.16. The topological polar surface area (TPSA) is 67.4 Å². The lowest BCUT2D eigenvalue weighted by Crippen LogP contribution is -2.41. The Morgan fingerprint density at radius 2 is 2.15 bits per heavy atom. The zero-order valence-corrected chi connectivity index (χ0v) is 12.3. The number of hydrogen-bond acceptors (Lipinski definition) is 5.